The van der Waals surface area contributed by atoms with Gasteiger partial charge in [0.1, 0.15) is 0 Å². The van der Waals surface area contributed by atoms with Crippen molar-refractivity contribution in [2.75, 3.05) is 32.7 Å². The molecule has 0 unspecified atom stereocenters. The number of carbonyl (C=O) groups is 1. The summed E-state index contributed by atoms with van der Waals surface area (Å²) in [5, 5.41) is 4.84. The van der Waals surface area contributed by atoms with E-state index in [1.807, 2.05) is 42.5 Å². The molecular weight excluding hydrogens is 428 g/mol. The molecule has 142 valence electrons. The molecule has 1 saturated heterocycles. The molecule has 0 saturated carbocycles. The number of nitrogens with one attached hydrogen (secondary N) is 1. The van der Waals surface area contributed by atoms with E-state index in [-0.39, 0.29) is 5.91 Å². The third-order valence-electron chi connectivity index (χ3n) is 4.44. The summed E-state index contributed by atoms with van der Waals surface area (Å²) in [5.74, 6) is -0.0965. The molecule has 0 spiro atoms. The molecule has 1 aliphatic rings. The molecule has 0 bridgehead atoms. The lowest BCUT2D eigenvalue weighted by Crippen LogP contribution is -2.48. The van der Waals surface area contributed by atoms with Crippen LogP contribution < -0.4 is 5.43 Å². The fraction of sp³-hybridized carbons (Fsp3) is 0.300. The smallest absolute Gasteiger partial charge is 0.254 e. The number of rotatable bonds is 6. The first kappa shape index (κ1) is 20.0. The summed E-state index contributed by atoms with van der Waals surface area (Å²) in [4.78, 5) is 16.6. The van der Waals surface area contributed by atoms with Crippen LogP contribution in [0.15, 0.2) is 58.1 Å². The SMILES string of the molecule is O=C(CN1CCN(Cc2ccccc2Cl)CC1)N/N=C/c1cccc(Br)c1. The van der Waals surface area contributed by atoms with Gasteiger partial charge in [0.15, 0.2) is 0 Å². The van der Waals surface area contributed by atoms with E-state index in [2.05, 4.69) is 42.3 Å². The normalized spacial score (nSPS) is 15.9. The fourth-order valence-electron chi connectivity index (χ4n) is 2.98. The summed E-state index contributed by atoms with van der Waals surface area (Å²) in [6.45, 7) is 4.74. The molecule has 0 atom stereocenters. The maximum atomic E-state index is 12.1. The monoisotopic (exact) mass is 448 g/mol. The van der Waals surface area contributed by atoms with E-state index in [9.17, 15) is 4.79 Å². The summed E-state index contributed by atoms with van der Waals surface area (Å²) >= 11 is 9.65. The van der Waals surface area contributed by atoms with Crippen LogP contribution >= 0.6 is 27.5 Å². The second-order valence-electron chi connectivity index (χ2n) is 6.49. The second-order valence-corrected chi connectivity index (χ2v) is 7.81. The molecule has 1 aliphatic heterocycles. The van der Waals surface area contributed by atoms with Crippen LogP contribution in [-0.4, -0.2) is 54.6 Å². The van der Waals surface area contributed by atoms with Crippen LogP contribution in [0.2, 0.25) is 5.02 Å². The first-order valence-corrected chi connectivity index (χ1v) is 10.0. The molecule has 1 amide bonds. The molecule has 7 heteroatoms. The maximum Gasteiger partial charge on any atom is 0.254 e. The summed E-state index contributed by atoms with van der Waals surface area (Å²) in [6.07, 6.45) is 1.64. The van der Waals surface area contributed by atoms with E-state index < -0.39 is 0 Å². The Balaban J connectivity index is 1.39. The van der Waals surface area contributed by atoms with Gasteiger partial charge in [-0.05, 0) is 29.3 Å². The Morgan fingerprint density at radius 3 is 2.59 bits per heavy atom. The number of nitrogens with zero attached hydrogens (tertiary/aromatic N) is 3. The number of hydrogen-bond donors (Lipinski definition) is 1. The minimum atomic E-state index is -0.0965. The average Bonchev–Trinajstić information content (AvgIpc) is 2.65. The van der Waals surface area contributed by atoms with Gasteiger partial charge in [-0.3, -0.25) is 14.6 Å². The van der Waals surface area contributed by atoms with Gasteiger partial charge < -0.3 is 0 Å². The van der Waals surface area contributed by atoms with Gasteiger partial charge in [0.05, 0.1) is 12.8 Å². The summed E-state index contributed by atoms with van der Waals surface area (Å²) in [5.41, 5.74) is 4.67. The lowest BCUT2D eigenvalue weighted by Gasteiger charge is -2.34. The third-order valence-corrected chi connectivity index (χ3v) is 5.30. The standard InChI is InChI=1S/C20H22BrClN4O/c21-18-6-3-4-16(12-18)13-23-24-20(27)15-26-10-8-25(9-11-26)14-17-5-1-2-7-19(17)22/h1-7,12-13H,8-11,14-15H2,(H,24,27)/b23-13+. The molecule has 1 heterocycles. The zero-order valence-electron chi connectivity index (χ0n) is 14.9. The largest absolute Gasteiger partial charge is 0.296 e. The number of benzene rings is 2. The van der Waals surface area contributed by atoms with Gasteiger partial charge in [0, 0.05) is 42.2 Å². The summed E-state index contributed by atoms with van der Waals surface area (Å²) in [6, 6.07) is 15.7. The van der Waals surface area contributed by atoms with Gasteiger partial charge in [-0.25, -0.2) is 5.43 Å². The van der Waals surface area contributed by atoms with Gasteiger partial charge in [0.2, 0.25) is 0 Å². The van der Waals surface area contributed by atoms with E-state index in [1.165, 1.54) is 0 Å². The summed E-state index contributed by atoms with van der Waals surface area (Å²) < 4.78 is 0.979. The van der Waals surface area contributed by atoms with E-state index in [0.29, 0.717) is 6.54 Å². The van der Waals surface area contributed by atoms with Crippen LogP contribution in [-0.2, 0) is 11.3 Å². The molecular formula is C20H22BrClN4O. The Bertz CT molecular complexity index is 806. The Morgan fingerprint density at radius 2 is 1.85 bits per heavy atom. The summed E-state index contributed by atoms with van der Waals surface area (Å²) in [7, 11) is 0. The topological polar surface area (TPSA) is 47.9 Å². The molecule has 5 nitrogen and oxygen atoms in total. The number of hydrogen-bond acceptors (Lipinski definition) is 4. The van der Waals surface area contributed by atoms with Crippen molar-refractivity contribution in [3.63, 3.8) is 0 Å². The predicted molar refractivity (Wildman–Crippen MR) is 113 cm³/mol. The van der Waals surface area contributed by atoms with Gasteiger partial charge in [-0.1, -0.05) is 57.9 Å². The molecule has 3 rings (SSSR count). The van der Waals surface area contributed by atoms with Crippen molar-refractivity contribution in [1.29, 1.82) is 0 Å². The minimum absolute atomic E-state index is 0.0965. The quantitative estimate of drug-likeness (QED) is 0.543. The molecule has 0 radical (unpaired) electrons. The van der Waals surface area contributed by atoms with E-state index >= 15 is 0 Å². The highest BCUT2D eigenvalue weighted by molar-refractivity contribution is 9.10. The third kappa shape index (κ3) is 6.43. The molecule has 27 heavy (non-hydrogen) atoms. The molecule has 1 N–H and O–H groups in total. The van der Waals surface area contributed by atoms with Crippen molar-refractivity contribution < 1.29 is 4.79 Å². The van der Waals surface area contributed by atoms with Crippen LogP contribution in [0.3, 0.4) is 0 Å². The van der Waals surface area contributed by atoms with E-state index in [0.717, 1.165) is 53.3 Å². The molecule has 1 fully saturated rings. The predicted octanol–water partition coefficient (Wildman–Crippen LogP) is 3.37. The number of piperazine rings is 1. The highest BCUT2D eigenvalue weighted by atomic mass is 79.9. The van der Waals surface area contributed by atoms with Crippen LogP contribution in [0.4, 0.5) is 0 Å². The van der Waals surface area contributed by atoms with Crippen LogP contribution in [0.25, 0.3) is 0 Å². The first-order valence-electron chi connectivity index (χ1n) is 8.86. The molecule has 0 aliphatic carbocycles. The zero-order valence-corrected chi connectivity index (χ0v) is 17.3. The van der Waals surface area contributed by atoms with Crippen molar-refractivity contribution in [1.82, 2.24) is 15.2 Å². The Hall–Kier alpha value is -1.73. The number of carbonyl (C=O) groups excluding carboxylic acids is 1. The van der Waals surface area contributed by atoms with Crippen molar-refractivity contribution >= 4 is 39.7 Å². The van der Waals surface area contributed by atoms with Gasteiger partial charge in [0.25, 0.3) is 5.91 Å². The van der Waals surface area contributed by atoms with Crippen molar-refractivity contribution in [3.8, 4) is 0 Å². The molecule has 2 aromatic carbocycles. The first-order chi connectivity index (χ1) is 13.1. The lowest BCUT2D eigenvalue weighted by molar-refractivity contribution is -0.122. The number of hydrazone groups is 1. The highest BCUT2D eigenvalue weighted by Gasteiger charge is 2.19. The second kappa shape index (κ2) is 9.99. The van der Waals surface area contributed by atoms with Crippen molar-refractivity contribution in [3.05, 3.63) is 69.2 Å². The van der Waals surface area contributed by atoms with Crippen molar-refractivity contribution in [2.45, 2.75) is 6.54 Å². The van der Waals surface area contributed by atoms with Gasteiger partial charge in [-0.2, -0.15) is 5.10 Å². The lowest BCUT2D eigenvalue weighted by atomic mass is 10.2. The van der Waals surface area contributed by atoms with E-state index in [1.54, 1.807) is 6.21 Å². The van der Waals surface area contributed by atoms with E-state index in [4.69, 9.17) is 11.6 Å². The van der Waals surface area contributed by atoms with Gasteiger partial charge in [-0.15, -0.1) is 0 Å². The molecule has 0 aromatic heterocycles. The van der Waals surface area contributed by atoms with Crippen LogP contribution in [0.1, 0.15) is 11.1 Å². The zero-order chi connectivity index (χ0) is 19.1. The van der Waals surface area contributed by atoms with Gasteiger partial charge >= 0.3 is 0 Å². The Kier molecular flexibility index (Phi) is 7.41. The fourth-order valence-corrected chi connectivity index (χ4v) is 3.59. The van der Waals surface area contributed by atoms with Crippen LogP contribution in [0.5, 0.6) is 0 Å². The Labute approximate surface area is 173 Å². The minimum Gasteiger partial charge on any atom is -0.296 e. The number of amides is 1. The maximum absolute atomic E-state index is 12.1. The molecule has 2 aromatic rings. The van der Waals surface area contributed by atoms with Crippen molar-refractivity contribution in [2.24, 2.45) is 5.10 Å². The highest BCUT2D eigenvalue weighted by Crippen LogP contribution is 2.17. The average molecular weight is 450 g/mol. The Morgan fingerprint density at radius 1 is 1.11 bits per heavy atom. The van der Waals surface area contributed by atoms with Crippen LogP contribution in [0, 0.1) is 0 Å². The number of halogens is 2.